The van der Waals surface area contributed by atoms with E-state index in [2.05, 4.69) is 4.98 Å². The second-order valence-corrected chi connectivity index (χ2v) is 6.29. The molecule has 0 bridgehead atoms. The molecule has 1 fully saturated rings. The Morgan fingerprint density at radius 2 is 2.04 bits per heavy atom. The van der Waals surface area contributed by atoms with Crippen LogP contribution in [0.2, 0.25) is 0 Å². The SMILES string of the molecule is Cc1ccc(N)cc1-c1ccc2nc(N)c(C(=O)[C@@H]3C[C@@H]3F)n2c1. The molecule has 1 aliphatic rings. The number of pyridine rings is 1. The molecule has 0 radical (unpaired) electrons. The first-order chi connectivity index (χ1) is 11.5. The van der Waals surface area contributed by atoms with Crippen LogP contribution in [0, 0.1) is 12.8 Å². The van der Waals surface area contributed by atoms with Crippen LogP contribution in [0.4, 0.5) is 15.9 Å². The van der Waals surface area contributed by atoms with Crippen molar-refractivity contribution < 1.29 is 9.18 Å². The molecule has 1 aliphatic carbocycles. The third-order valence-corrected chi connectivity index (χ3v) is 4.50. The fourth-order valence-corrected chi connectivity index (χ4v) is 3.03. The topological polar surface area (TPSA) is 86.4 Å². The minimum absolute atomic E-state index is 0.139. The lowest BCUT2D eigenvalue weighted by Gasteiger charge is -2.09. The van der Waals surface area contributed by atoms with E-state index >= 15 is 0 Å². The fraction of sp³-hybridized carbons (Fsp3) is 0.222. The summed E-state index contributed by atoms with van der Waals surface area (Å²) < 4.78 is 14.9. The Hall–Kier alpha value is -2.89. The molecule has 0 aliphatic heterocycles. The average Bonchev–Trinajstić information content (AvgIpc) is 3.18. The number of hydrogen-bond acceptors (Lipinski definition) is 4. The van der Waals surface area contributed by atoms with Crippen molar-refractivity contribution in [3.8, 4) is 11.1 Å². The Balaban J connectivity index is 1.88. The number of alkyl halides is 1. The predicted octanol–water partition coefficient (Wildman–Crippen LogP) is 3.01. The lowest BCUT2D eigenvalue weighted by Crippen LogP contribution is -2.10. The number of carbonyl (C=O) groups is 1. The van der Waals surface area contributed by atoms with Crippen molar-refractivity contribution in [2.75, 3.05) is 11.5 Å². The van der Waals surface area contributed by atoms with Crippen LogP contribution in [0.15, 0.2) is 36.5 Å². The zero-order valence-electron chi connectivity index (χ0n) is 13.2. The van der Waals surface area contributed by atoms with Crippen LogP contribution in [-0.2, 0) is 0 Å². The number of halogens is 1. The van der Waals surface area contributed by atoms with Crippen molar-refractivity contribution in [1.29, 1.82) is 0 Å². The molecule has 2 atom stereocenters. The highest BCUT2D eigenvalue weighted by molar-refractivity contribution is 6.03. The minimum Gasteiger partial charge on any atom is -0.399 e. The van der Waals surface area contributed by atoms with Crippen LogP contribution in [0.3, 0.4) is 0 Å². The normalized spacial score (nSPS) is 19.6. The lowest BCUT2D eigenvalue weighted by molar-refractivity contribution is 0.0952. The van der Waals surface area contributed by atoms with Gasteiger partial charge in [0.1, 0.15) is 17.5 Å². The maximum atomic E-state index is 13.3. The number of nitrogens with zero attached hydrogens (tertiary/aromatic N) is 2. The van der Waals surface area contributed by atoms with Crippen LogP contribution >= 0.6 is 0 Å². The molecule has 2 heterocycles. The summed E-state index contributed by atoms with van der Waals surface area (Å²) >= 11 is 0. The maximum absolute atomic E-state index is 13.3. The van der Waals surface area contributed by atoms with Gasteiger partial charge in [-0.2, -0.15) is 0 Å². The van der Waals surface area contributed by atoms with Crippen molar-refractivity contribution in [2.45, 2.75) is 19.5 Å². The van der Waals surface area contributed by atoms with E-state index in [0.717, 1.165) is 16.7 Å². The van der Waals surface area contributed by atoms with E-state index in [1.165, 1.54) is 0 Å². The number of carbonyl (C=O) groups excluding carboxylic acids is 1. The number of rotatable bonds is 3. The number of ketones is 1. The fourth-order valence-electron chi connectivity index (χ4n) is 3.03. The number of aryl methyl sites for hydroxylation is 1. The Morgan fingerprint density at radius 3 is 2.75 bits per heavy atom. The molecule has 6 heteroatoms. The summed E-state index contributed by atoms with van der Waals surface area (Å²) in [5.41, 5.74) is 16.2. The van der Waals surface area contributed by atoms with Crippen molar-refractivity contribution in [3.63, 3.8) is 0 Å². The highest BCUT2D eigenvalue weighted by Crippen LogP contribution is 2.38. The molecule has 2 aromatic heterocycles. The third kappa shape index (κ3) is 2.22. The molecule has 4 N–H and O–H groups in total. The monoisotopic (exact) mass is 324 g/mol. The van der Waals surface area contributed by atoms with Gasteiger partial charge in [-0.15, -0.1) is 0 Å². The summed E-state index contributed by atoms with van der Waals surface area (Å²) in [6.45, 7) is 1.99. The molecule has 24 heavy (non-hydrogen) atoms. The summed E-state index contributed by atoms with van der Waals surface area (Å²) in [5.74, 6) is -0.737. The van der Waals surface area contributed by atoms with Gasteiger partial charge in [0.05, 0.1) is 5.92 Å². The van der Waals surface area contributed by atoms with Gasteiger partial charge < -0.3 is 11.5 Å². The predicted molar refractivity (Wildman–Crippen MR) is 91.5 cm³/mol. The van der Waals surface area contributed by atoms with Crippen LogP contribution in [0.25, 0.3) is 16.8 Å². The number of nitrogen functional groups attached to an aromatic ring is 2. The van der Waals surface area contributed by atoms with E-state index in [1.807, 2.05) is 37.4 Å². The molecule has 4 rings (SSSR count). The smallest absolute Gasteiger partial charge is 0.189 e. The Bertz CT molecular complexity index is 979. The minimum atomic E-state index is -1.07. The van der Waals surface area contributed by atoms with Gasteiger partial charge >= 0.3 is 0 Å². The first-order valence-electron chi connectivity index (χ1n) is 7.78. The van der Waals surface area contributed by atoms with Crippen LogP contribution in [-0.4, -0.2) is 21.3 Å². The Morgan fingerprint density at radius 1 is 1.29 bits per heavy atom. The van der Waals surface area contributed by atoms with Gasteiger partial charge in [-0.3, -0.25) is 9.20 Å². The van der Waals surface area contributed by atoms with E-state index < -0.39 is 12.1 Å². The number of nitrogens with two attached hydrogens (primary N) is 2. The lowest BCUT2D eigenvalue weighted by atomic mass is 10.0. The molecule has 122 valence electrons. The highest BCUT2D eigenvalue weighted by atomic mass is 19.1. The van der Waals surface area contributed by atoms with Crippen molar-refractivity contribution in [2.24, 2.45) is 5.92 Å². The second-order valence-electron chi connectivity index (χ2n) is 6.29. The number of aromatic nitrogens is 2. The standard InChI is InChI=1S/C18H17FN4O/c1-9-2-4-11(20)6-12(9)10-3-5-15-22-18(21)16(23(15)8-10)17(24)13-7-14(13)19/h2-6,8,13-14H,7,20-21H2,1H3/t13-,14+/m1/s1. The summed E-state index contributed by atoms with van der Waals surface area (Å²) in [7, 11) is 0. The van der Waals surface area contributed by atoms with Gasteiger partial charge in [0, 0.05) is 11.9 Å². The van der Waals surface area contributed by atoms with Gasteiger partial charge in [-0.05, 0) is 54.3 Å². The van der Waals surface area contributed by atoms with Crippen LogP contribution in [0.5, 0.6) is 0 Å². The van der Waals surface area contributed by atoms with Gasteiger partial charge in [-0.1, -0.05) is 6.07 Å². The van der Waals surface area contributed by atoms with E-state index in [1.54, 1.807) is 10.5 Å². The molecule has 0 spiro atoms. The van der Waals surface area contributed by atoms with Crippen LogP contribution in [0.1, 0.15) is 22.5 Å². The highest BCUT2D eigenvalue weighted by Gasteiger charge is 2.45. The van der Waals surface area contributed by atoms with E-state index in [4.69, 9.17) is 11.5 Å². The number of imidazole rings is 1. The van der Waals surface area contributed by atoms with Crippen molar-refractivity contribution >= 4 is 22.9 Å². The zero-order chi connectivity index (χ0) is 17.0. The summed E-state index contributed by atoms with van der Waals surface area (Å²) in [5, 5.41) is 0. The average molecular weight is 324 g/mol. The number of Topliss-reactive ketones (excluding diaryl/α,β-unsaturated/α-hetero) is 1. The number of benzene rings is 1. The van der Waals surface area contributed by atoms with Crippen molar-refractivity contribution in [1.82, 2.24) is 9.38 Å². The quantitative estimate of drug-likeness (QED) is 0.573. The molecular weight excluding hydrogens is 307 g/mol. The Labute approximate surface area is 138 Å². The van der Waals surface area contributed by atoms with E-state index in [0.29, 0.717) is 11.3 Å². The molecule has 1 saturated carbocycles. The molecule has 0 saturated heterocycles. The molecular formula is C18H17FN4O. The number of anilines is 2. The van der Waals surface area contributed by atoms with E-state index in [9.17, 15) is 9.18 Å². The van der Waals surface area contributed by atoms with E-state index in [-0.39, 0.29) is 23.7 Å². The molecule has 0 unspecified atom stereocenters. The number of hydrogen-bond donors (Lipinski definition) is 2. The van der Waals surface area contributed by atoms with Crippen LogP contribution < -0.4 is 11.5 Å². The summed E-state index contributed by atoms with van der Waals surface area (Å²) in [6, 6.07) is 9.38. The zero-order valence-corrected chi connectivity index (χ0v) is 13.2. The first kappa shape index (κ1) is 14.7. The van der Waals surface area contributed by atoms with Gasteiger partial charge in [0.2, 0.25) is 0 Å². The van der Waals surface area contributed by atoms with Crippen molar-refractivity contribution in [3.05, 3.63) is 47.8 Å². The van der Waals surface area contributed by atoms with Gasteiger partial charge in [-0.25, -0.2) is 9.37 Å². The summed E-state index contributed by atoms with van der Waals surface area (Å²) in [6.07, 6.45) is 1.00. The largest absolute Gasteiger partial charge is 0.399 e. The van der Waals surface area contributed by atoms with Gasteiger partial charge in [0.15, 0.2) is 11.6 Å². The second kappa shape index (κ2) is 5.06. The maximum Gasteiger partial charge on any atom is 0.189 e. The molecule has 3 aromatic rings. The third-order valence-electron chi connectivity index (χ3n) is 4.50. The molecule has 1 aromatic carbocycles. The van der Waals surface area contributed by atoms with Gasteiger partial charge in [0.25, 0.3) is 0 Å². The number of fused-ring (bicyclic) bond motifs is 1. The Kier molecular flexibility index (Phi) is 3.09. The molecule has 5 nitrogen and oxygen atoms in total. The summed E-state index contributed by atoms with van der Waals surface area (Å²) in [4.78, 5) is 16.7. The first-order valence-corrected chi connectivity index (χ1v) is 7.78. The molecule has 0 amide bonds.